The van der Waals surface area contributed by atoms with Crippen molar-refractivity contribution in [3.63, 3.8) is 0 Å². The van der Waals surface area contributed by atoms with Crippen LogP contribution in [0.2, 0.25) is 4.44 Å². The first kappa shape index (κ1) is 14.5. The summed E-state index contributed by atoms with van der Waals surface area (Å²) in [7, 11) is 1.82. The minimum atomic E-state index is -0.400. The summed E-state index contributed by atoms with van der Waals surface area (Å²) in [5, 5.41) is 0. The Bertz CT molecular complexity index is 73.5. The average molecular weight is 286 g/mol. The third-order valence-corrected chi connectivity index (χ3v) is 3.75. The predicted octanol–water partition coefficient (Wildman–Crippen LogP) is 1.61. The Morgan fingerprint density at radius 2 is 2.09 bits per heavy atom. The van der Waals surface area contributed by atoms with Crippen LogP contribution in [-0.4, -0.2) is 34.7 Å². The molecule has 4 heteroatoms. The third-order valence-electron chi connectivity index (χ3n) is 1.33. The van der Waals surface area contributed by atoms with Gasteiger partial charge in [-0.2, -0.15) is 0 Å². The van der Waals surface area contributed by atoms with Crippen molar-refractivity contribution in [2.45, 2.75) is 36.7 Å². The van der Waals surface area contributed by atoms with Gasteiger partial charge in [0.25, 0.3) is 0 Å². The Kier molecular flexibility index (Phi) is 14.5. The van der Waals surface area contributed by atoms with Gasteiger partial charge < -0.3 is 0 Å². The summed E-state index contributed by atoms with van der Waals surface area (Å²) in [5.74, 6) is 0. The van der Waals surface area contributed by atoms with Crippen LogP contribution >= 0.6 is 12.4 Å². The van der Waals surface area contributed by atoms with Crippen LogP contribution in [0.3, 0.4) is 0 Å². The molecular formula is C7H18ClNOSn. The van der Waals surface area contributed by atoms with Crippen LogP contribution < -0.4 is 5.73 Å². The molecule has 0 fully saturated rings. The van der Waals surface area contributed by atoms with Crippen molar-refractivity contribution in [3.8, 4) is 0 Å². The van der Waals surface area contributed by atoms with Crippen molar-refractivity contribution in [1.29, 1.82) is 0 Å². The Morgan fingerprint density at radius 1 is 1.45 bits per heavy atom. The quantitative estimate of drug-likeness (QED) is 0.595. The van der Waals surface area contributed by atoms with Crippen molar-refractivity contribution >= 4 is 34.0 Å². The van der Waals surface area contributed by atoms with Gasteiger partial charge in [0.2, 0.25) is 0 Å². The standard InChI is InChI=1S/C6H14N.CH3O.ClH.Sn/c1-3-4-5-6(2)7;1-2;;/h6H,1,3-5,7H2,2H3;1H3;1H;/q;-1;;+1. The van der Waals surface area contributed by atoms with E-state index in [1.807, 2.05) is 7.11 Å². The topological polar surface area (TPSA) is 35.2 Å². The number of hydrogen-bond acceptors (Lipinski definition) is 2. The fourth-order valence-electron chi connectivity index (χ4n) is 0.766. The number of rotatable bonds is 6. The molecule has 0 amide bonds. The van der Waals surface area contributed by atoms with Gasteiger partial charge in [-0.1, -0.05) is 0 Å². The summed E-state index contributed by atoms with van der Waals surface area (Å²) in [6.45, 7) is 2.07. The van der Waals surface area contributed by atoms with Crippen LogP contribution in [0.5, 0.6) is 0 Å². The molecule has 0 heterocycles. The van der Waals surface area contributed by atoms with Crippen molar-refractivity contribution in [2.24, 2.45) is 5.73 Å². The molecule has 0 aliphatic carbocycles. The van der Waals surface area contributed by atoms with Crippen LogP contribution in [-0.2, 0) is 3.07 Å². The minimum absolute atomic E-state index is 0. The SMILES string of the molecule is C[O][Sn][CH2]CCCC(C)N.Cl. The van der Waals surface area contributed by atoms with E-state index in [2.05, 4.69) is 6.92 Å². The maximum absolute atomic E-state index is 5.59. The van der Waals surface area contributed by atoms with Crippen LogP contribution in [0.15, 0.2) is 0 Å². The number of halogens is 1. The molecule has 1 unspecified atom stereocenters. The van der Waals surface area contributed by atoms with E-state index in [9.17, 15) is 0 Å². The number of hydrogen-bond donors (Lipinski definition) is 1. The first-order chi connectivity index (χ1) is 4.77. The molecular weight excluding hydrogens is 268 g/mol. The second kappa shape index (κ2) is 11.0. The summed E-state index contributed by atoms with van der Waals surface area (Å²) in [4.78, 5) is 0. The largest absolute Gasteiger partial charge is 0.147 e. The Hall–Kier alpha value is 1.01. The summed E-state index contributed by atoms with van der Waals surface area (Å²) in [6.07, 6.45) is 3.77. The molecule has 0 rings (SSSR count). The van der Waals surface area contributed by atoms with E-state index in [0.29, 0.717) is 6.04 Å². The van der Waals surface area contributed by atoms with Crippen LogP contribution in [0.1, 0.15) is 26.2 Å². The van der Waals surface area contributed by atoms with E-state index in [-0.39, 0.29) is 12.4 Å². The molecule has 0 saturated carbocycles. The van der Waals surface area contributed by atoms with E-state index >= 15 is 0 Å². The second-order valence-corrected chi connectivity index (χ2v) is 5.99. The van der Waals surface area contributed by atoms with Gasteiger partial charge in [0.15, 0.2) is 0 Å². The molecule has 68 valence electrons. The number of nitrogens with two attached hydrogens (primary N) is 1. The maximum Gasteiger partial charge on any atom is -0.147 e. The van der Waals surface area contributed by atoms with Gasteiger partial charge >= 0.3 is 74.1 Å². The van der Waals surface area contributed by atoms with E-state index in [1.165, 1.54) is 23.7 Å². The van der Waals surface area contributed by atoms with Crippen molar-refractivity contribution in [1.82, 2.24) is 0 Å². The molecule has 2 N–H and O–H groups in total. The van der Waals surface area contributed by atoms with Crippen LogP contribution in [0.4, 0.5) is 0 Å². The molecule has 0 spiro atoms. The molecule has 0 aromatic heterocycles. The zero-order valence-corrected chi connectivity index (χ0v) is 11.0. The fraction of sp³-hybridized carbons (Fsp3) is 1.00. The van der Waals surface area contributed by atoms with Gasteiger partial charge in [-0.05, 0) is 0 Å². The summed E-state index contributed by atoms with van der Waals surface area (Å²) in [6, 6.07) is 0.382. The minimum Gasteiger partial charge on any atom is -0.147 e. The van der Waals surface area contributed by atoms with Gasteiger partial charge in [0.05, 0.1) is 0 Å². The maximum atomic E-state index is 5.59. The molecule has 2 nitrogen and oxygen atoms in total. The molecule has 2 radical (unpaired) electrons. The van der Waals surface area contributed by atoms with Crippen LogP contribution in [0.25, 0.3) is 0 Å². The van der Waals surface area contributed by atoms with Gasteiger partial charge in [-0.3, -0.25) is 0 Å². The summed E-state index contributed by atoms with van der Waals surface area (Å²) >= 11 is -0.400. The molecule has 0 saturated heterocycles. The van der Waals surface area contributed by atoms with Crippen molar-refractivity contribution in [3.05, 3.63) is 0 Å². The molecule has 0 bridgehead atoms. The molecule has 0 aromatic rings. The normalized spacial score (nSPS) is 12.3. The molecule has 1 atom stereocenters. The van der Waals surface area contributed by atoms with E-state index < -0.39 is 21.6 Å². The van der Waals surface area contributed by atoms with E-state index in [4.69, 9.17) is 8.81 Å². The molecule has 0 aliphatic heterocycles. The van der Waals surface area contributed by atoms with Crippen molar-refractivity contribution < 1.29 is 3.07 Å². The molecule has 0 aromatic carbocycles. The Balaban J connectivity index is 0. The molecule has 11 heavy (non-hydrogen) atoms. The predicted molar refractivity (Wildman–Crippen MR) is 52.3 cm³/mol. The van der Waals surface area contributed by atoms with Gasteiger partial charge in [-0.15, -0.1) is 12.4 Å². The zero-order valence-electron chi connectivity index (χ0n) is 7.30. The van der Waals surface area contributed by atoms with Gasteiger partial charge in [-0.25, -0.2) is 0 Å². The summed E-state index contributed by atoms with van der Waals surface area (Å²) in [5.41, 5.74) is 5.59. The van der Waals surface area contributed by atoms with E-state index in [0.717, 1.165) is 0 Å². The number of unbranched alkanes of at least 4 members (excludes halogenated alkanes) is 1. The fourth-order valence-corrected chi connectivity index (χ4v) is 2.47. The Labute approximate surface area is 86.4 Å². The first-order valence-corrected chi connectivity index (χ1v) is 6.97. The average Bonchev–Trinajstić information content (AvgIpc) is 1.87. The zero-order chi connectivity index (χ0) is 7.82. The first-order valence-electron chi connectivity index (χ1n) is 3.78. The van der Waals surface area contributed by atoms with E-state index in [1.54, 1.807) is 0 Å². The van der Waals surface area contributed by atoms with Crippen LogP contribution in [0, 0.1) is 0 Å². The van der Waals surface area contributed by atoms with Gasteiger partial charge in [0.1, 0.15) is 0 Å². The molecule has 0 aliphatic rings. The second-order valence-electron chi connectivity index (χ2n) is 2.57. The van der Waals surface area contributed by atoms with Crippen molar-refractivity contribution in [2.75, 3.05) is 7.11 Å². The smallest absolute Gasteiger partial charge is 0.147 e. The van der Waals surface area contributed by atoms with Gasteiger partial charge in [0, 0.05) is 0 Å². The summed E-state index contributed by atoms with van der Waals surface area (Å²) < 4.78 is 6.43. The monoisotopic (exact) mass is 287 g/mol. The third kappa shape index (κ3) is 13.9. The Morgan fingerprint density at radius 3 is 2.55 bits per heavy atom.